The molecule has 4 nitrogen and oxygen atoms in total. The van der Waals surface area contributed by atoms with Gasteiger partial charge < -0.3 is 5.32 Å². The van der Waals surface area contributed by atoms with Crippen LogP contribution in [0.25, 0.3) is 0 Å². The van der Waals surface area contributed by atoms with Gasteiger partial charge in [-0.05, 0) is 54.6 Å². The summed E-state index contributed by atoms with van der Waals surface area (Å²) in [4.78, 5) is 28.1. The quantitative estimate of drug-likeness (QED) is 0.322. The molecule has 0 heterocycles. The summed E-state index contributed by atoms with van der Waals surface area (Å²) in [7, 11) is 0. The number of carbonyl (C=O) groups is 2. The molecule has 164 valence electrons. The molecule has 4 aromatic rings. The minimum absolute atomic E-state index is 0.0212. The highest BCUT2D eigenvalue weighted by Gasteiger charge is 2.18. The van der Waals surface area contributed by atoms with E-state index in [2.05, 4.69) is 5.32 Å². The van der Waals surface area contributed by atoms with Gasteiger partial charge in [0.15, 0.2) is 0 Å². The van der Waals surface area contributed by atoms with Crippen LogP contribution >= 0.6 is 11.8 Å². The van der Waals surface area contributed by atoms with Crippen molar-refractivity contribution in [2.45, 2.75) is 4.90 Å². The molecule has 0 fully saturated rings. The summed E-state index contributed by atoms with van der Waals surface area (Å²) in [6.07, 6.45) is 0. The Morgan fingerprint density at radius 2 is 1.36 bits per heavy atom. The van der Waals surface area contributed by atoms with Gasteiger partial charge in [0.05, 0.1) is 11.3 Å². The summed E-state index contributed by atoms with van der Waals surface area (Å²) in [5.41, 5.74) is 2.09. The van der Waals surface area contributed by atoms with E-state index in [9.17, 15) is 14.0 Å². The molecule has 0 saturated carbocycles. The lowest BCUT2D eigenvalue weighted by Crippen LogP contribution is -2.27. The maximum absolute atomic E-state index is 13.9. The first-order valence-corrected chi connectivity index (χ1v) is 11.3. The predicted octanol–water partition coefficient (Wildman–Crippen LogP) is 6.54. The van der Waals surface area contributed by atoms with Crippen molar-refractivity contribution in [3.8, 4) is 0 Å². The second-order valence-electron chi connectivity index (χ2n) is 7.15. The maximum Gasteiger partial charge on any atom is 0.258 e. The normalized spacial score (nSPS) is 10.5. The Labute approximate surface area is 196 Å². The number of thioether (sulfide) groups is 1. The van der Waals surface area contributed by atoms with E-state index in [0.717, 1.165) is 16.3 Å². The summed E-state index contributed by atoms with van der Waals surface area (Å²) >= 11 is 1.37. The fourth-order valence-corrected chi connectivity index (χ4v) is 4.11. The third kappa shape index (κ3) is 5.67. The highest BCUT2D eigenvalue weighted by Crippen LogP contribution is 2.28. The minimum Gasteiger partial charge on any atom is -0.322 e. The third-order valence-corrected chi connectivity index (χ3v) is 5.83. The highest BCUT2D eigenvalue weighted by molar-refractivity contribution is 8.00. The van der Waals surface area contributed by atoms with E-state index in [1.54, 1.807) is 29.2 Å². The molecule has 0 aliphatic carbocycles. The average Bonchev–Trinajstić information content (AvgIpc) is 2.85. The number of carbonyl (C=O) groups excluding carboxylic acids is 2. The van der Waals surface area contributed by atoms with Gasteiger partial charge in [-0.3, -0.25) is 14.5 Å². The zero-order valence-electron chi connectivity index (χ0n) is 17.6. The molecular weight excluding hydrogens is 435 g/mol. The summed E-state index contributed by atoms with van der Waals surface area (Å²) in [6, 6.07) is 32.0. The molecular formula is C27H21FN2O2S. The van der Waals surface area contributed by atoms with Gasteiger partial charge in [-0.25, -0.2) is 4.39 Å². The lowest BCUT2D eigenvalue weighted by Gasteiger charge is -2.23. The molecule has 0 spiro atoms. The van der Waals surface area contributed by atoms with E-state index in [1.165, 1.54) is 30.0 Å². The molecule has 0 aliphatic rings. The molecule has 4 rings (SSSR count). The molecule has 2 amide bonds. The maximum atomic E-state index is 13.9. The topological polar surface area (TPSA) is 49.4 Å². The first kappa shape index (κ1) is 22.3. The van der Waals surface area contributed by atoms with E-state index in [0.29, 0.717) is 5.69 Å². The summed E-state index contributed by atoms with van der Waals surface area (Å²) in [5.74, 6) is -0.967. The second kappa shape index (κ2) is 10.6. The highest BCUT2D eigenvalue weighted by atomic mass is 32.2. The molecule has 0 atom stereocenters. The molecule has 4 aromatic carbocycles. The number of benzene rings is 4. The van der Waals surface area contributed by atoms with Crippen molar-refractivity contribution in [1.29, 1.82) is 0 Å². The minimum atomic E-state index is -0.576. The van der Waals surface area contributed by atoms with Crippen molar-refractivity contribution in [2.75, 3.05) is 16.0 Å². The second-order valence-corrected chi connectivity index (χ2v) is 8.20. The average molecular weight is 457 g/mol. The molecule has 0 aliphatic heterocycles. The van der Waals surface area contributed by atoms with Crippen LogP contribution < -0.4 is 10.2 Å². The summed E-state index contributed by atoms with van der Waals surface area (Å²) in [5, 5.41) is 2.71. The van der Waals surface area contributed by atoms with Crippen LogP contribution in [-0.2, 0) is 4.79 Å². The van der Waals surface area contributed by atoms with Crippen molar-refractivity contribution in [3.63, 3.8) is 0 Å². The Morgan fingerprint density at radius 1 is 0.758 bits per heavy atom. The van der Waals surface area contributed by atoms with Crippen molar-refractivity contribution < 1.29 is 14.0 Å². The number of para-hydroxylation sites is 2. The van der Waals surface area contributed by atoms with Gasteiger partial charge in [0.2, 0.25) is 5.91 Å². The molecule has 0 radical (unpaired) electrons. The van der Waals surface area contributed by atoms with Crippen molar-refractivity contribution >= 4 is 40.6 Å². The van der Waals surface area contributed by atoms with Gasteiger partial charge in [-0.1, -0.05) is 54.6 Å². The predicted molar refractivity (Wildman–Crippen MR) is 132 cm³/mol. The number of hydrogen-bond acceptors (Lipinski definition) is 3. The summed E-state index contributed by atoms with van der Waals surface area (Å²) < 4.78 is 13.9. The lowest BCUT2D eigenvalue weighted by molar-refractivity contribution is -0.115. The first-order chi connectivity index (χ1) is 16.1. The Bertz CT molecular complexity index is 1210. The van der Waals surface area contributed by atoms with Crippen LogP contribution in [0.15, 0.2) is 114 Å². The SMILES string of the molecule is O=C(Nc1cccc(SCC(=O)N(c2ccccc2)c2ccccc2)c1)c1ccccc1F. The van der Waals surface area contributed by atoms with Crippen LogP contribution in [0, 0.1) is 5.82 Å². The van der Waals surface area contributed by atoms with Gasteiger partial charge in [0.25, 0.3) is 5.91 Å². The number of rotatable bonds is 7. The molecule has 0 unspecified atom stereocenters. The fourth-order valence-electron chi connectivity index (χ4n) is 3.31. The largest absolute Gasteiger partial charge is 0.322 e. The lowest BCUT2D eigenvalue weighted by atomic mass is 10.2. The van der Waals surface area contributed by atoms with Crippen LogP contribution in [0.4, 0.5) is 21.5 Å². The number of nitrogens with one attached hydrogen (secondary N) is 1. The Hall–Kier alpha value is -3.90. The smallest absolute Gasteiger partial charge is 0.258 e. The molecule has 0 saturated heterocycles. The van der Waals surface area contributed by atoms with E-state index in [1.807, 2.05) is 66.7 Å². The van der Waals surface area contributed by atoms with Crippen LogP contribution in [0.1, 0.15) is 10.4 Å². The van der Waals surface area contributed by atoms with Crippen molar-refractivity contribution in [3.05, 3.63) is 121 Å². The van der Waals surface area contributed by atoms with E-state index >= 15 is 0 Å². The number of nitrogens with zero attached hydrogens (tertiary/aromatic N) is 1. The van der Waals surface area contributed by atoms with Gasteiger partial charge in [0.1, 0.15) is 5.82 Å². The fraction of sp³-hybridized carbons (Fsp3) is 0.0370. The molecule has 1 N–H and O–H groups in total. The summed E-state index contributed by atoms with van der Waals surface area (Å²) in [6.45, 7) is 0. The number of hydrogen-bond donors (Lipinski definition) is 1. The standard InChI is InChI=1S/C27H21FN2O2S/c28-25-17-8-7-16-24(25)27(32)29-20-10-9-15-23(18-20)33-19-26(31)30(21-11-3-1-4-12-21)22-13-5-2-6-14-22/h1-18H,19H2,(H,29,32). The van der Waals surface area contributed by atoms with Crippen LogP contribution in [0.5, 0.6) is 0 Å². The van der Waals surface area contributed by atoms with Gasteiger partial charge in [-0.15, -0.1) is 11.8 Å². The molecule has 33 heavy (non-hydrogen) atoms. The van der Waals surface area contributed by atoms with Crippen LogP contribution in [0.2, 0.25) is 0 Å². The van der Waals surface area contributed by atoms with E-state index < -0.39 is 11.7 Å². The van der Waals surface area contributed by atoms with Gasteiger partial charge in [-0.2, -0.15) is 0 Å². The van der Waals surface area contributed by atoms with Crippen molar-refractivity contribution in [1.82, 2.24) is 0 Å². The molecule has 6 heteroatoms. The van der Waals surface area contributed by atoms with Gasteiger partial charge in [0, 0.05) is 22.0 Å². The van der Waals surface area contributed by atoms with Crippen LogP contribution in [-0.4, -0.2) is 17.6 Å². The number of amides is 2. The number of anilines is 3. The zero-order chi connectivity index (χ0) is 23.0. The number of halogens is 1. The first-order valence-electron chi connectivity index (χ1n) is 10.3. The Morgan fingerprint density at radius 3 is 2.00 bits per heavy atom. The van der Waals surface area contributed by atoms with Gasteiger partial charge >= 0.3 is 0 Å². The third-order valence-electron chi connectivity index (χ3n) is 4.85. The molecule has 0 bridgehead atoms. The van der Waals surface area contributed by atoms with E-state index in [4.69, 9.17) is 0 Å². The monoisotopic (exact) mass is 456 g/mol. The Balaban J connectivity index is 1.46. The molecule has 0 aromatic heterocycles. The zero-order valence-corrected chi connectivity index (χ0v) is 18.5. The Kier molecular flexibility index (Phi) is 7.17. The van der Waals surface area contributed by atoms with Crippen LogP contribution in [0.3, 0.4) is 0 Å². The van der Waals surface area contributed by atoms with Crippen molar-refractivity contribution in [2.24, 2.45) is 0 Å². The van der Waals surface area contributed by atoms with E-state index in [-0.39, 0.29) is 17.2 Å².